The molecule has 2 saturated heterocycles. The predicted molar refractivity (Wildman–Crippen MR) is 69.2 cm³/mol. The van der Waals surface area contributed by atoms with Gasteiger partial charge in [-0.2, -0.15) is 0 Å². The molecule has 0 aromatic heterocycles. The molecule has 98 valence electrons. The Labute approximate surface area is 105 Å². The third-order valence-electron chi connectivity index (χ3n) is 4.45. The van der Waals surface area contributed by atoms with E-state index in [1.165, 1.54) is 38.8 Å². The molecular formula is C14H26N2O. The molecule has 2 atom stereocenters. The molecule has 1 saturated carbocycles. The van der Waals surface area contributed by atoms with Crippen molar-refractivity contribution in [3.8, 4) is 0 Å². The molecule has 3 heteroatoms. The van der Waals surface area contributed by atoms with E-state index < -0.39 is 0 Å². The number of hydrogen-bond acceptors (Lipinski definition) is 3. The second-order valence-corrected chi connectivity index (χ2v) is 6.68. The number of hydrogen-bond donors (Lipinski definition) is 1. The van der Waals surface area contributed by atoms with Crippen molar-refractivity contribution in [1.29, 1.82) is 0 Å². The van der Waals surface area contributed by atoms with Crippen LogP contribution < -0.4 is 5.32 Å². The van der Waals surface area contributed by atoms with Gasteiger partial charge in [-0.05, 0) is 46.0 Å². The lowest BCUT2D eigenvalue weighted by Gasteiger charge is -2.37. The fourth-order valence-corrected chi connectivity index (χ4v) is 3.40. The quantitative estimate of drug-likeness (QED) is 0.811. The second-order valence-electron chi connectivity index (χ2n) is 6.68. The van der Waals surface area contributed by atoms with Crippen LogP contribution in [0.1, 0.15) is 46.0 Å². The lowest BCUT2D eigenvalue weighted by molar-refractivity contribution is -0.0640. The molecule has 1 aliphatic carbocycles. The predicted octanol–water partition coefficient (Wildman–Crippen LogP) is 1.77. The van der Waals surface area contributed by atoms with E-state index in [0.29, 0.717) is 6.04 Å². The maximum atomic E-state index is 5.78. The first-order valence-corrected chi connectivity index (χ1v) is 7.26. The summed E-state index contributed by atoms with van der Waals surface area (Å²) in [6.45, 7) is 7.94. The minimum Gasteiger partial charge on any atom is -0.375 e. The van der Waals surface area contributed by atoms with E-state index in [2.05, 4.69) is 24.1 Å². The zero-order valence-electron chi connectivity index (χ0n) is 11.2. The van der Waals surface area contributed by atoms with Crippen LogP contribution in [0.15, 0.2) is 0 Å². The van der Waals surface area contributed by atoms with Gasteiger partial charge in [0.05, 0.1) is 5.60 Å². The number of nitrogens with one attached hydrogen (secondary N) is 1. The lowest BCUT2D eigenvalue weighted by Crippen LogP contribution is -2.48. The van der Waals surface area contributed by atoms with E-state index in [4.69, 9.17) is 4.74 Å². The van der Waals surface area contributed by atoms with Crippen LogP contribution in [0.25, 0.3) is 0 Å². The molecule has 3 fully saturated rings. The van der Waals surface area contributed by atoms with Crippen molar-refractivity contribution >= 4 is 0 Å². The third-order valence-corrected chi connectivity index (χ3v) is 4.45. The van der Waals surface area contributed by atoms with Gasteiger partial charge >= 0.3 is 0 Å². The normalized spacial score (nSPS) is 38.5. The van der Waals surface area contributed by atoms with E-state index in [1.54, 1.807) is 0 Å². The largest absolute Gasteiger partial charge is 0.375 e. The molecule has 17 heavy (non-hydrogen) atoms. The molecule has 1 N–H and O–H groups in total. The maximum Gasteiger partial charge on any atom is 0.0641 e. The van der Waals surface area contributed by atoms with Crippen molar-refractivity contribution < 1.29 is 4.74 Å². The molecule has 0 radical (unpaired) electrons. The number of nitrogens with zero attached hydrogens (tertiary/aromatic N) is 1. The van der Waals surface area contributed by atoms with Crippen LogP contribution in [-0.4, -0.2) is 48.3 Å². The molecule has 2 unspecified atom stereocenters. The van der Waals surface area contributed by atoms with Crippen LogP contribution in [0.3, 0.4) is 0 Å². The summed E-state index contributed by atoms with van der Waals surface area (Å²) < 4.78 is 5.78. The van der Waals surface area contributed by atoms with Crippen LogP contribution in [0.5, 0.6) is 0 Å². The molecule has 0 bridgehead atoms. The highest BCUT2D eigenvalue weighted by Gasteiger charge is 2.36. The first kappa shape index (κ1) is 11.9. The molecule has 0 amide bonds. The van der Waals surface area contributed by atoms with E-state index in [-0.39, 0.29) is 5.60 Å². The number of ether oxygens (including phenoxy) is 1. The molecule has 3 nitrogen and oxygen atoms in total. The summed E-state index contributed by atoms with van der Waals surface area (Å²) in [5, 5.41) is 3.86. The molecular weight excluding hydrogens is 212 g/mol. The fourth-order valence-electron chi connectivity index (χ4n) is 3.40. The Balaban J connectivity index is 1.47. The highest BCUT2D eigenvalue weighted by molar-refractivity contribution is 4.94. The zero-order chi connectivity index (χ0) is 11.9. The van der Waals surface area contributed by atoms with Crippen LogP contribution in [0.2, 0.25) is 0 Å². The van der Waals surface area contributed by atoms with Crippen molar-refractivity contribution in [1.82, 2.24) is 10.2 Å². The average Bonchev–Trinajstić information content (AvgIpc) is 2.99. The topological polar surface area (TPSA) is 24.5 Å². The highest BCUT2D eigenvalue weighted by atomic mass is 16.5. The summed E-state index contributed by atoms with van der Waals surface area (Å²) in [6, 6.07) is 2.34. The molecule has 2 aliphatic heterocycles. The molecule has 0 spiro atoms. The standard InChI is InChI=1S/C14H26N2O/c1-14(2)9-11(6-8-17-14)15-12-5-7-16(10-12)13-3-4-13/h11-13,15H,3-10H2,1-2H3. The van der Waals surface area contributed by atoms with Crippen molar-refractivity contribution in [2.75, 3.05) is 19.7 Å². The maximum absolute atomic E-state index is 5.78. The van der Waals surface area contributed by atoms with Gasteiger partial charge in [0.15, 0.2) is 0 Å². The van der Waals surface area contributed by atoms with Crippen molar-refractivity contribution in [3.63, 3.8) is 0 Å². The Morgan fingerprint density at radius 1 is 1.12 bits per heavy atom. The van der Waals surface area contributed by atoms with E-state index in [0.717, 1.165) is 25.1 Å². The van der Waals surface area contributed by atoms with Crippen LogP contribution in [0, 0.1) is 0 Å². The molecule has 2 heterocycles. The Kier molecular flexibility index (Phi) is 3.18. The molecule has 0 aromatic rings. The monoisotopic (exact) mass is 238 g/mol. The van der Waals surface area contributed by atoms with Crippen LogP contribution in [0.4, 0.5) is 0 Å². The van der Waals surface area contributed by atoms with Crippen molar-refractivity contribution in [2.24, 2.45) is 0 Å². The third kappa shape index (κ3) is 3.01. The summed E-state index contributed by atoms with van der Waals surface area (Å²) in [7, 11) is 0. The second kappa shape index (κ2) is 4.52. The smallest absolute Gasteiger partial charge is 0.0641 e. The van der Waals surface area contributed by atoms with Crippen LogP contribution in [-0.2, 0) is 4.74 Å². The molecule has 0 aromatic carbocycles. The summed E-state index contributed by atoms with van der Waals surface area (Å²) in [5.41, 5.74) is 0.0741. The van der Waals surface area contributed by atoms with Gasteiger partial charge in [0.25, 0.3) is 0 Å². The fraction of sp³-hybridized carbons (Fsp3) is 1.00. The number of likely N-dealkylation sites (tertiary alicyclic amines) is 1. The summed E-state index contributed by atoms with van der Waals surface area (Å²) in [5.74, 6) is 0. The summed E-state index contributed by atoms with van der Waals surface area (Å²) in [4.78, 5) is 2.68. The SMILES string of the molecule is CC1(C)CC(NC2CCN(C3CC3)C2)CCO1. The van der Waals surface area contributed by atoms with Gasteiger partial charge in [-0.15, -0.1) is 0 Å². The van der Waals surface area contributed by atoms with Crippen molar-refractivity contribution in [3.05, 3.63) is 0 Å². The van der Waals surface area contributed by atoms with Crippen LogP contribution >= 0.6 is 0 Å². The van der Waals surface area contributed by atoms with Gasteiger partial charge in [-0.3, -0.25) is 4.90 Å². The van der Waals surface area contributed by atoms with Gasteiger partial charge in [-0.25, -0.2) is 0 Å². The van der Waals surface area contributed by atoms with Gasteiger partial charge in [-0.1, -0.05) is 0 Å². The molecule has 3 rings (SSSR count). The van der Waals surface area contributed by atoms with Crippen molar-refractivity contribution in [2.45, 2.75) is 69.7 Å². The Morgan fingerprint density at radius 2 is 1.94 bits per heavy atom. The summed E-state index contributed by atoms with van der Waals surface area (Å²) in [6.07, 6.45) is 6.57. The average molecular weight is 238 g/mol. The Morgan fingerprint density at radius 3 is 2.65 bits per heavy atom. The summed E-state index contributed by atoms with van der Waals surface area (Å²) >= 11 is 0. The van der Waals surface area contributed by atoms with E-state index >= 15 is 0 Å². The Hall–Kier alpha value is -0.120. The van der Waals surface area contributed by atoms with Gasteiger partial charge < -0.3 is 10.1 Å². The highest BCUT2D eigenvalue weighted by Crippen LogP contribution is 2.30. The number of rotatable bonds is 3. The van der Waals surface area contributed by atoms with Gasteiger partial charge in [0.1, 0.15) is 0 Å². The minimum atomic E-state index is 0.0741. The van der Waals surface area contributed by atoms with E-state index in [9.17, 15) is 0 Å². The first-order chi connectivity index (χ1) is 8.12. The Bertz CT molecular complexity index is 275. The first-order valence-electron chi connectivity index (χ1n) is 7.26. The minimum absolute atomic E-state index is 0.0741. The van der Waals surface area contributed by atoms with Gasteiger partial charge in [0.2, 0.25) is 0 Å². The molecule has 3 aliphatic rings. The zero-order valence-corrected chi connectivity index (χ0v) is 11.2. The van der Waals surface area contributed by atoms with E-state index in [1.807, 2.05) is 0 Å². The lowest BCUT2D eigenvalue weighted by atomic mass is 9.93. The van der Waals surface area contributed by atoms with Gasteiger partial charge in [0, 0.05) is 37.8 Å².